The third kappa shape index (κ3) is 4.87. The topological polar surface area (TPSA) is 77.3 Å². The highest BCUT2D eigenvalue weighted by Crippen LogP contribution is 2.27. The lowest BCUT2D eigenvalue weighted by Gasteiger charge is -2.26. The second kappa shape index (κ2) is 10.4. The van der Waals surface area contributed by atoms with E-state index in [0.29, 0.717) is 16.9 Å². The van der Waals surface area contributed by atoms with Gasteiger partial charge in [0.15, 0.2) is 11.3 Å². The van der Waals surface area contributed by atoms with E-state index in [1.165, 1.54) is 11.8 Å². The number of esters is 1. The molecule has 0 radical (unpaired) electrons. The number of hydrogen-bond donors (Lipinski definition) is 0. The lowest BCUT2D eigenvalue weighted by atomic mass is 10.2. The van der Waals surface area contributed by atoms with Crippen LogP contribution in [0.4, 0.5) is 11.4 Å². The van der Waals surface area contributed by atoms with Gasteiger partial charge in [-0.15, -0.1) is 10.2 Å². The normalized spacial score (nSPS) is 11.6. The molecule has 34 heavy (non-hydrogen) atoms. The minimum absolute atomic E-state index is 0.341. The first kappa shape index (κ1) is 23.3. The Hall–Kier alpha value is -3.91. The van der Waals surface area contributed by atoms with Crippen LogP contribution in [-0.2, 0) is 9.53 Å². The van der Waals surface area contributed by atoms with Crippen LogP contribution in [0.5, 0.6) is 0 Å². The molecule has 0 saturated heterocycles. The van der Waals surface area contributed by atoms with Crippen molar-refractivity contribution in [1.82, 2.24) is 14.8 Å². The number of ether oxygens (including phenoxy) is 1. The van der Waals surface area contributed by atoms with E-state index in [1.807, 2.05) is 78.4 Å². The second-order valence-electron chi connectivity index (χ2n) is 7.51. The summed E-state index contributed by atoms with van der Waals surface area (Å²) in [6.07, 6.45) is 0.939. The van der Waals surface area contributed by atoms with Crippen molar-refractivity contribution in [3.05, 3.63) is 96.3 Å². The molecule has 1 unspecified atom stereocenters. The fourth-order valence-electron chi connectivity index (χ4n) is 3.54. The fourth-order valence-corrected chi connectivity index (χ4v) is 4.08. The van der Waals surface area contributed by atoms with E-state index in [-0.39, 0.29) is 5.91 Å². The number of thioether (sulfide) groups is 1. The zero-order chi connectivity index (χ0) is 24.1. The molecule has 0 aliphatic carbocycles. The van der Waals surface area contributed by atoms with Gasteiger partial charge < -0.3 is 4.74 Å². The molecular weight excluding hydrogens is 448 g/mol. The van der Waals surface area contributed by atoms with E-state index in [1.54, 1.807) is 36.1 Å². The van der Waals surface area contributed by atoms with Crippen LogP contribution in [0.2, 0.25) is 0 Å². The van der Waals surface area contributed by atoms with E-state index in [9.17, 15) is 9.59 Å². The van der Waals surface area contributed by atoms with Crippen molar-refractivity contribution in [1.29, 1.82) is 0 Å². The van der Waals surface area contributed by atoms with Crippen LogP contribution in [0.25, 0.3) is 5.69 Å². The molecule has 4 rings (SSSR count). The van der Waals surface area contributed by atoms with Gasteiger partial charge in [-0.25, -0.2) is 4.79 Å². The Bertz CT molecular complexity index is 1240. The summed E-state index contributed by atoms with van der Waals surface area (Å²) in [6, 6.07) is 25.5. The Balaban J connectivity index is 1.52. The number of carbonyl (C=O) groups is 2. The molecule has 0 N–H and O–H groups in total. The van der Waals surface area contributed by atoms with Crippen molar-refractivity contribution in [3.63, 3.8) is 0 Å². The van der Waals surface area contributed by atoms with Crippen molar-refractivity contribution in [2.45, 2.75) is 25.1 Å². The summed E-state index contributed by atoms with van der Waals surface area (Å²) in [5.74, 6) is -0.160. The van der Waals surface area contributed by atoms with Crippen LogP contribution >= 0.6 is 11.8 Å². The summed E-state index contributed by atoms with van der Waals surface area (Å²) in [7, 11) is 0. The number of rotatable bonds is 7. The maximum Gasteiger partial charge on any atom is 0.338 e. The molecule has 8 heteroatoms. The Morgan fingerprint density at radius 3 is 1.97 bits per heavy atom. The maximum atomic E-state index is 13.4. The molecule has 1 aromatic heterocycles. The highest BCUT2D eigenvalue weighted by Gasteiger charge is 2.27. The molecule has 0 aliphatic rings. The van der Waals surface area contributed by atoms with Crippen LogP contribution in [0, 0.1) is 6.92 Å². The third-order valence-electron chi connectivity index (χ3n) is 5.22. The minimum Gasteiger partial charge on any atom is -0.449 e. The van der Waals surface area contributed by atoms with Crippen molar-refractivity contribution in [3.8, 4) is 5.69 Å². The molecule has 7 nitrogen and oxygen atoms in total. The lowest BCUT2D eigenvalue weighted by molar-refractivity contribution is -0.125. The van der Waals surface area contributed by atoms with E-state index < -0.39 is 12.1 Å². The van der Waals surface area contributed by atoms with E-state index >= 15 is 0 Å². The Kier molecular flexibility index (Phi) is 7.08. The molecule has 0 fully saturated rings. The van der Waals surface area contributed by atoms with Crippen molar-refractivity contribution in [2.24, 2.45) is 0 Å². The lowest BCUT2D eigenvalue weighted by Crippen LogP contribution is -2.37. The molecule has 1 amide bonds. The quantitative estimate of drug-likeness (QED) is 0.272. The summed E-state index contributed by atoms with van der Waals surface area (Å²) < 4.78 is 7.46. The van der Waals surface area contributed by atoms with E-state index in [4.69, 9.17) is 4.74 Å². The highest BCUT2D eigenvalue weighted by atomic mass is 32.2. The van der Waals surface area contributed by atoms with E-state index in [2.05, 4.69) is 10.2 Å². The van der Waals surface area contributed by atoms with Gasteiger partial charge in [0.25, 0.3) is 5.91 Å². The molecule has 0 bridgehead atoms. The Morgan fingerprint density at radius 1 is 0.882 bits per heavy atom. The number of aryl methyl sites for hydroxylation is 1. The fraction of sp³-hybridized carbons (Fsp3) is 0.154. The summed E-state index contributed by atoms with van der Waals surface area (Å²) in [4.78, 5) is 27.7. The van der Waals surface area contributed by atoms with Gasteiger partial charge in [-0.05, 0) is 68.6 Å². The van der Waals surface area contributed by atoms with Crippen LogP contribution in [0.15, 0.2) is 90.1 Å². The SMILES string of the molecule is CSc1nnc(C)n1-c1ccc(C(=O)OC(C)C(=O)N(c2ccccc2)c2ccccc2)cc1. The summed E-state index contributed by atoms with van der Waals surface area (Å²) in [6.45, 7) is 3.45. The van der Waals surface area contributed by atoms with Crippen LogP contribution in [0.3, 0.4) is 0 Å². The van der Waals surface area contributed by atoms with Crippen molar-refractivity contribution < 1.29 is 14.3 Å². The summed E-state index contributed by atoms with van der Waals surface area (Å²) >= 11 is 1.49. The number of anilines is 2. The smallest absolute Gasteiger partial charge is 0.338 e. The Morgan fingerprint density at radius 2 is 1.44 bits per heavy atom. The van der Waals surface area contributed by atoms with Crippen LogP contribution < -0.4 is 4.90 Å². The van der Waals surface area contributed by atoms with Gasteiger partial charge in [-0.3, -0.25) is 14.3 Å². The van der Waals surface area contributed by atoms with Crippen LogP contribution in [0.1, 0.15) is 23.1 Å². The van der Waals surface area contributed by atoms with Gasteiger partial charge in [0, 0.05) is 17.1 Å². The molecule has 172 valence electrons. The molecule has 0 spiro atoms. The van der Waals surface area contributed by atoms with Crippen molar-refractivity contribution >= 4 is 35.0 Å². The standard InChI is InChI=1S/C26H24N4O3S/c1-18(24(31)30(21-10-6-4-7-11-21)22-12-8-5-9-13-22)33-25(32)20-14-16-23(17-15-20)29-19(2)27-28-26(29)34-3/h4-18H,1-3H3. The second-order valence-corrected chi connectivity index (χ2v) is 8.28. The predicted molar refractivity (Wildman–Crippen MR) is 133 cm³/mol. The molecule has 3 aromatic carbocycles. The van der Waals surface area contributed by atoms with Gasteiger partial charge in [-0.1, -0.05) is 48.2 Å². The van der Waals surface area contributed by atoms with Gasteiger partial charge in [0.1, 0.15) is 5.82 Å². The zero-order valence-electron chi connectivity index (χ0n) is 19.1. The van der Waals surface area contributed by atoms with Gasteiger partial charge in [0.2, 0.25) is 0 Å². The predicted octanol–water partition coefficient (Wildman–Crippen LogP) is 5.21. The minimum atomic E-state index is -0.990. The van der Waals surface area contributed by atoms with Gasteiger partial charge >= 0.3 is 5.97 Å². The Labute approximate surface area is 202 Å². The molecule has 1 atom stereocenters. The number of benzene rings is 3. The third-order valence-corrected chi connectivity index (χ3v) is 5.85. The number of aromatic nitrogens is 3. The van der Waals surface area contributed by atoms with Gasteiger partial charge in [0.05, 0.1) is 5.56 Å². The monoisotopic (exact) mass is 472 g/mol. The van der Waals surface area contributed by atoms with E-state index in [0.717, 1.165) is 16.7 Å². The number of carbonyl (C=O) groups excluding carboxylic acids is 2. The van der Waals surface area contributed by atoms with Crippen molar-refractivity contribution in [2.75, 3.05) is 11.2 Å². The highest BCUT2D eigenvalue weighted by molar-refractivity contribution is 7.98. The van der Waals surface area contributed by atoms with Gasteiger partial charge in [-0.2, -0.15) is 0 Å². The van der Waals surface area contributed by atoms with Crippen LogP contribution in [-0.4, -0.2) is 39.0 Å². The first-order chi connectivity index (χ1) is 16.5. The molecule has 1 heterocycles. The number of hydrogen-bond acceptors (Lipinski definition) is 6. The number of para-hydroxylation sites is 2. The summed E-state index contributed by atoms with van der Waals surface area (Å²) in [5.41, 5.74) is 2.58. The first-order valence-electron chi connectivity index (χ1n) is 10.7. The summed E-state index contributed by atoms with van der Waals surface area (Å²) in [5, 5.41) is 9.00. The zero-order valence-corrected chi connectivity index (χ0v) is 19.9. The average Bonchev–Trinajstić information content (AvgIpc) is 3.25. The number of nitrogens with zero attached hydrogens (tertiary/aromatic N) is 4. The largest absolute Gasteiger partial charge is 0.449 e. The molecular formula is C26H24N4O3S. The molecule has 4 aromatic rings. The molecule has 0 saturated carbocycles. The molecule has 0 aliphatic heterocycles. The average molecular weight is 473 g/mol. The number of amides is 1. The maximum absolute atomic E-state index is 13.4. The first-order valence-corrected chi connectivity index (χ1v) is 11.9.